The fourth-order valence-corrected chi connectivity index (χ4v) is 3.38. The Morgan fingerprint density at radius 2 is 2.09 bits per heavy atom. The van der Waals surface area contributed by atoms with Crippen LogP contribution in [0, 0.1) is 13.8 Å². The van der Waals surface area contributed by atoms with Crippen molar-refractivity contribution in [2.75, 3.05) is 6.54 Å². The van der Waals surface area contributed by atoms with E-state index in [1.54, 1.807) is 4.90 Å². The third kappa shape index (κ3) is 3.00. The Morgan fingerprint density at radius 1 is 1.35 bits per heavy atom. The van der Waals surface area contributed by atoms with Crippen LogP contribution in [0.2, 0.25) is 0 Å². The van der Waals surface area contributed by atoms with E-state index >= 15 is 0 Å². The van der Waals surface area contributed by atoms with Crippen molar-refractivity contribution in [1.82, 2.24) is 9.88 Å². The Hall–Kier alpha value is -2.18. The number of nitrogens with zero attached hydrogens (tertiary/aromatic N) is 1. The number of aliphatic hydroxyl groups excluding tert-OH is 1. The molecule has 0 aliphatic carbocycles. The molecular formula is C17H20N2O4. The number of aliphatic hydroxyl groups is 1. The molecule has 0 unspecified atom stereocenters. The highest BCUT2D eigenvalue weighted by atomic mass is 16.4. The number of hydrogen-bond donors (Lipinski definition) is 3. The monoisotopic (exact) mass is 316 g/mol. The standard InChI is InChI=1S/C17H20N2O4/c1-9-3-10(2)15-11(4-9)5-12(16(21)18-15)7-19-8-13(20)6-14(19)17(22)23/h3-5,13-14,20H,6-8H2,1-2H3,(H,18,21)(H,22,23)/t13-,14+/m1/s1. The van der Waals surface area contributed by atoms with Crippen LogP contribution in [-0.4, -0.2) is 44.8 Å². The molecule has 1 fully saturated rings. The Kier molecular flexibility index (Phi) is 3.95. The molecule has 1 aromatic carbocycles. The first-order chi connectivity index (χ1) is 10.8. The summed E-state index contributed by atoms with van der Waals surface area (Å²) in [5, 5.41) is 19.9. The Labute approximate surface area is 133 Å². The van der Waals surface area contributed by atoms with Gasteiger partial charge in [-0.05, 0) is 36.9 Å². The third-order valence-corrected chi connectivity index (χ3v) is 4.41. The number of fused-ring (bicyclic) bond motifs is 1. The number of aryl methyl sites for hydroxylation is 2. The van der Waals surface area contributed by atoms with E-state index in [9.17, 15) is 19.8 Å². The largest absolute Gasteiger partial charge is 0.480 e. The highest BCUT2D eigenvalue weighted by molar-refractivity contribution is 5.82. The van der Waals surface area contributed by atoms with Gasteiger partial charge >= 0.3 is 5.97 Å². The number of aromatic amines is 1. The molecule has 6 heteroatoms. The smallest absolute Gasteiger partial charge is 0.321 e. The SMILES string of the molecule is Cc1cc(C)c2[nH]c(=O)c(CN3C[C@H](O)C[C@H]3C(=O)O)cc2c1. The number of H-pyrrole nitrogens is 1. The zero-order valence-corrected chi connectivity index (χ0v) is 13.2. The second-order valence-corrected chi connectivity index (χ2v) is 6.34. The molecule has 1 aliphatic heterocycles. The first-order valence-electron chi connectivity index (χ1n) is 7.63. The van der Waals surface area contributed by atoms with Gasteiger partial charge in [0.1, 0.15) is 6.04 Å². The maximum absolute atomic E-state index is 12.3. The predicted octanol–water partition coefficient (Wildman–Crippen LogP) is 1.16. The summed E-state index contributed by atoms with van der Waals surface area (Å²) in [7, 11) is 0. The van der Waals surface area contributed by atoms with Crippen molar-refractivity contribution in [1.29, 1.82) is 0 Å². The van der Waals surface area contributed by atoms with E-state index in [1.165, 1.54) is 0 Å². The predicted molar refractivity (Wildman–Crippen MR) is 86.5 cm³/mol. The van der Waals surface area contributed by atoms with Gasteiger partial charge in [0.15, 0.2) is 0 Å². The zero-order chi connectivity index (χ0) is 16.7. The highest BCUT2D eigenvalue weighted by Gasteiger charge is 2.36. The second-order valence-electron chi connectivity index (χ2n) is 6.34. The van der Waals surface area contributed by atoms with E-state index < -0.39 is 18.1 Å². The summed E-state index contributed by atoms with van der Waals surface area (Å²) in [6, 6.07) is 5.07. The van der Waals surface area contributed by atoms with Crippen LogP contribution < -0.4 is 5.56 Å². The number of β-amino-alcohol motifs (C(OH)–C–C–N with tert-alkyl or cyclic N) is 1. The summed E-state index contributed by atoms with van der Waals surface area (Å²) in [4.78, 5) is 28.2. The van der Waals surface area contributed by atoms with E-state index in [0.29, 0.717) is 5.56 Å². The fraction of sp³-hybridized carbons (Fsp3) is 0.412. The molecule has 122 valence electrons. The topological polar surface area (TPSA) is 93.6 Å². The molecule has 2 heterocycles. The molecule has 1 aromatic heterocycles. The summed E-state index contributed by atoms with van der Waals surface area (Å²) < 4.78 is 0. The summed E-state index contributed by atoms with van der Waals surface area (Å²) in [5.74, 6) is -0.967. The van der Waals surface area contributed by atoms with Crippen LogP contribution in [0.3, 0.4) is 0 Å². The van der Waals surface area contributed by atoms with Crippen LogP contribution in [0.4, 0.5) is 0 Å². The number of benzene rings is 1. The number of pyridine rings is 1. The summed E-state index contributed by atoms with van der Waals surface area (Å²) >= 11 is 0. The van der Waals surface area contributed by atoms with E-state index in [4.69, 9.17) is 0 Å². The first-order valence-corrected chi connectivity index (χ1v) is 7.63. The van der Waals surface area contributed by atoms with Crippen molar-refractivity contribution in [2.45, 2.75) is 39.0 Å². The van der Waals surface area contributed by atoms with Gasteiger partial charge in [0.2, 0.25) is 0 Å². The fourth-order valence-electron chi connectivity index (χ4n) is 3.38. The minimum Gasteiger partial charge on any atom is -0.480 e. The van der Waals surface area contributed by atoms with Crippen LogP contribution >= 0.6 is 0 Å². The number of aromatic nitrogens is 1. The molecule has 3 rings (SSSR count). The molecular weight excluding hydrogens is 296 g/mol. The molecule has 23 heavy (non-hydrogen) atoms. The van der Waals surface area contributed by atoms with Gasteiger partial charge in [-0.2, -0.15) is 0 Å². The molecule has 2 atom stereocenters. The number of nitrogens with one attached hydrogen (secondary N) is 1. The first kappa shape index (κ1) is 15.7. The number of likely N-dealkylation sites (tertiary alicyclic amines) is 1. The normalized spacial score (nSPS) is 21.9. The lowest BCUT2D eigenvalue weighted by Gasteiger charge is -2.20. The van der Waals surface area contributed by atoms with Gasteiger partial charge < -0.3 is 15.2 Å². The van der Waals surface area contributed by atoms with Crippen LogP contribution in [0.25, 0.3) is 10.9 Å². The third-order valence-electron chi connectivity index (χ3n) is 4.41. The van der Waals surface area contributed by atoms with Gasteiger partial charge in [-0.25, -0.2) is 0 Å². The lowest BCUT2D eigenvalue weighted by molar-refractivity contribution is -0.142. The second kappa shape index (κ2) is 5.79. The average Bonchev–Trinajstić information content (AvgIpc) is 2.82. The molecule has 0 saturated carbocycles. The molecule has 1 saturated heterocycles. The average molecular weight is 316 g/mol. The van der Waals surface area contributed by atoms with Gasteiger partial charge in [-0.15, -0.1) is 0 Å². The quantitative estimate of drug-likeness (QED) is 0.790. The maximum Gasteiger partial charge on any atom is 0.321 e. The van der Waals surface area contributed by atoms with E-state index in [2.05, 4.69) is 4.98 Å². The van der Waals surface area contributed by atoms with Gasteiger partial charge in [0.25, 0.3) is 5.56 Å². The zero-order valence-electron chi connectivity index (χ0n) is 13.2. The van der Waals surface area contributed by atoms with Crippen molar-refractivity contribution in [3.8, 4) is 0 Å². The van der Waals surface area contributed by atoms with Gasteiger partial charge in [0, 0.05) is 25.1 Å². The van der Waals surface area contributed by atoms with Crippen molar-refractivity contribution < 1.29 is 15.0 Å². The highest BCUT2D eigenvalue weighted by Crippen LogP contribution is 2.22. The molecule has 2 aromatic rings. The Bertz CT molecular complexity index is 827. The van der Waals surface area contributed by atoms with Gasteiger partial charge in [0.05, 0.1) is 11.6 Å². The number of hydrogen-bond acceptors (Lipinski definition) is 4. The summed E-state index contributed by atoms with van der Waals surface area (Å²) in [5.41, 5.74) is 3.22. The van der Waals surface area contributed by atoms with E-state index in [1.807, 2.05) is 32.0 Å². The van der Waals surface area contributed by atoms with Crippen molar-refractivity contribution in [3.63, 3.8) is 0 Å². The molecule has 0 spiro atoms. The number of carbonyl (C=O) groups is 1. The van der Waals surface area contributed by atoms with Crippen molar-refractivity contribution >= 4 is 16.9 Å². The molecule has 0 amide bonds. The summed E-state index contributed by atoms with van der Waals surface area (Å²) in [6.45, 7) is 4.42. The van der Waals surface area contributed by atoms with E-state index in [-0.39, 0.29) is 25.1 Å². The number of rotatable bonds is 3. The van der Waals surface area contributed by atoms with Crippen LogP contribution in [0.15, 0.2) is 23.0 Å². The molecule has 3 N–H and O–H groups in total. The Morgan fingerprint density at radius 3 is 2.78 bits per heavy atom. The molecule has 0 bridgehead atoms. The lowest BCUT2D eigenvalue weighted by atomic mass is 10.0. The minimum absolute atomic E-state index is 0.193. The maximum atomic E-state index is 12.3. The number of carboxylic acids is 1. The van der Waals surface area contributed by atoms with Crippen LogP contribution in [0.1, 0.15) is 23.1 Å². The number of carboxylic acid groups (broad SMARTS) is 1. The number of aliphatic carboxylic acids is 1. The van der Waals surface area contributed by atoms with Gasteiger partial charge in [-0.3, -0.25) is 14.5 Å². The summed E-state index contributed by atoms with van der Waals surface area (Å²) in [6.07, 6.45) is -0.473. The van der Waals surface area contributed by atoms with Crippen LogP contribution in [-0.2, 0) is 11.3 Å². The van der Waals surface area contributed by atoms with Gasteiger partial charge in [-0.1, -0.05) is 11.6 Å². The van der Waals surface area contributed by atoms with E-state index in [0.717, 1.165) is 22.0 Å². The van der Waals surface area contributed by atoms with Crippen molar-refractivity contribution in [2.24, 2.45) is 0 Å². The molecule has 0 radical (unpaired) electrons. The van der Waals surface area contributed by atoms with Crippen LogP contribution in [0.5, 0.6) is 0 Å². The van der Waals surface area contributed by atoms with Crippen molar-refractivity contribution in [3.05, 3.63) is 45.2 Å². The lowest BCUT2D eigenvalue weighted by Crippen LogP contribution is -2.36. The molecule has 1 aliphatic rings. The Balaban J connectivity index is 1.98. The molecule has 6 nitrogen and oxygen atoms in total. The minimum atomic E-state index is -0.967.